The van der Waals surface area contributed by atoms with Crippen LogP contribution in [0.15, 0.2) is 42.5 Å². The average Bonchev–Trinajstić information content (AvgIpc) is 3.11. The second kappa shape index (κ2) is 10.5. The Bertz CT molecular complexity index is 1270. The van der Waals surface area contributed by atoms with Crippen LogP contribution >= 0.6 is 0 Å². The minimum absolute atomic E-state index is 0.174. The summed E-state index contributed by atoms with van der Waals surface area (Å²) in [6.07, 6.45) is 8.86. The van der Waals surface area contributed by atoms with E-state index in [0.717, 1.165) is 43.1 Å². The van der Waals surface area contributed by atoms with Gasteiger partial charge < -0.3 is 14.6 Å². The number of benzene rings is 2. The molecule has 2 heterocycles. The first-order valence-corrected chi connectivity index (χ1v) is 13.8. The summed E-state index contributed by atoms with van der Waals surface area (Å²) in [4.78, 5) is 27.8. The quantitative estimate of drug-likeness (QED) is 0.396. The molecule has 5 rings (SSSR count). The fourth-order valence-electron chi connectivity index (χ4n) is 6.47. The summed E-state index contributed by atoms with van der Waals surface area (Å²) in [5, 5.41) is 10.9. The zero-order valence-corrected chi connectivity index (χ0v) is 21.6. The minimum Gasteiger partial charge on any atom is -0.478 e. The second-order valence-electron chi connectivity index (χ2n) is 10.6. The van der Waals surface area contributed by atoms with Crippen molar-refractivity contribution >= 4 is 22.8 Å². The van der Waals surface area contributed by atoms with Gasteiger partial charge in [-0.2, -0.15) is 0 Å². The first-order chi connectivity index (χ1) is 17.5. The van der Waals surface area contributed by atoms with Crippen molar-refractivity contribution in [2.75, 3.05) is 13.1 Å². The first-order valence-electron chi connectivity index (χ1n) is 13.8. The molecule has 5 nitrogen and oxygen atoms in total. The number of amides is 1. The van der Waals surface area contributed by atoms with Crippen LogP contribution in [0.1, 0.15) is 86.2 Å². The molecular weight excluding hydrogens is 448 g/mol. The van der Waals surface area contributed by atoms with E-state index in [1.807, 2.05) is 17.0 Å². The van der Waals surface area contributed by atoms with E-state index in [0.29, 0.717) is 31.0 Å². The third-order valence-electron chi connectivity index (χ3n) is 8.33. The molecule has 1 fully saturated rings. The summed E-state index contributed by atoms with van der Waals surface area (Å²) in [6, 6.07) is 14.1. The number of carboxylic acid groups (broad SMARTS) is 1. The Hall–Kier alpha value is -3.08. The molecule has 1 unspecified atom stereocenters. The van der Waals surface area contributed by atoms with Gasteiger partial charge in [0.15, 0.2) is 0 Å². The molecule has 36 heavy (non-hydrogen) atoms. The SMILES string of the molecule is CCCCN(CC)C(=O)C1Cc2ccccc2-c2c(C3CCCCC3)c3ccc(C(=O)O)cc3n2C1. The fourth-order valence-corrected chi connectivity index (χ4v) is 6.47. The Morgan fingerprint density at radius 3 is 2.56 bits per heavy atom. The lowest BCUT2D eigenvalue weighted by Gasteiger charge is -2.26. The van der Waals surface area contributed by atoms with E-state index >= 15 is 0 Å². The fraction of sp³-hybridized carbons (Fsp3) is 0.484. The Morgan fingerprint density at radius 1 is 1.06 bits per heavy atom. The van der Waals surface area contributed by atoms with E-state index in [1.165, 1.54) is 41.6 Å². The van der Waals surface area contributed by atoms with Crippen LogP contribution in [0, 0.1) is 5.92 Å². The molecule has 5 heteroatoms. The monoisotopic (exact) mass is 486 g/mol. The highest BCUT2D eigenvalue weighted by atomic mass is 16.4. The van der Waals surface area contributed by atoms with Crippen molar-refractivity contribution in [3.8, 4) is 11.3 Å². The van der Waals surface area contributed by atoms with Gasteiger partial charge in [-0.15, -0.1) is 0 Å². The lowest BCUT2D eigenvalue weighted by atomic mass is 9.81. The maximum Gasteiger partial charge on any atom is 0.335 e. The molecule has 3 aromatic rings. The summed E-state index contributed by atoms with van der Waals surface area (Å²) in [5.74, 6) is -0.410. The van der Waals surface area contributed by atoms with Crippen molar-refractivity contribution in [1.29, 1.82) is 0 Å². The van der Waals surface area contributed by atoms with Gasteiger partial charge in [0.2, 0.25) is 5.91 Å². The van der Waals surface area contributed by atoms with Gasteiger partial charge in [0.05, 0.1) is 17.2 Å². The molecule has 190 valence electrons. The number of hydrogen-bond acceptors (Lipinski definition) is 2. The van der Waals surface area contributed by atoms with Crippen LogP contribution in [-0.2, 0) is 17.8 Å². The molecule has 1 saturated carbocycles. The van der Waals surface area contributed by atoms with E-state index < -0.39 is 5.97 Å². The van der Waals surface area contributed by atoms with Crippen LogP contribution in [0.3, 0.4) is 0 Å². The molecule has 1 aliphatic heterocycles. The lowest BCUT2D eigenvalue weighted by Crippen LogP contribution is -2.39. The number of aromatic carboxylic acids is 1. The number of aromatic nitrogens is 1. The number of nitrogens with zero attached hydrogens (tertiary/aromatic N) is 2. The Kier molecular flexibility index (Phi) is 7.17. The smallest absolute Gasteiger partial charge is 0.335 e. The van der Waals surface area contributed by atoms with Gasteiger partial charge in [0.25, 0.3) is 0 Å². The minimum atomic E-state index is -0.912. The topological polar surface area (TPSA) is 62.5 Å². The van der Waals surface area contributed by atoms with Gasteiger partial charge in [-0.25, -0.2) is 4.79 Å². The standard InChI is InChI=1S/C31H38N2O3/c1-3-5-17-32(4-2)30(34)24-18-22-13-9-10-14-25(22)29-28(21-11-7-6-8-12-21)26-16-15-23(31(35)36)19-27(26)33(29)20-24/h9-10,13-16,19,21,24H,3-8,11-12,17-18,20H2,1-2H3,(H,35,36). The largest absolute Gasteiger partial charge is 0.478 e. The van der Waals surface area contributed by atoms with Gasteiger partial charge in [-0.3, -0.25) is 4.79 Å². The number of hydrogen-bond donors (Lipinski definition) is 1. The molecule has 2 aliphatic rings. The average molecular weight is 487 g/mol. The Morgan fingerprint density at radius 2 is 1.83 bits per heavy atom. The van der Waals surface area contributed by atoms with Crippen LogP contribution in [0.25, 0.3) is 22.2 Å². The molecule has 1 aliphatic carbocycles. The Labute approximate surface area is 214 Å². The predicted octanol–water partition coefficient (Wildman–Crippen LogP) is 6.88. The highest BCUT2D eigenvalue weighted by Crippen LogP contribution is 2.46. The van der Waals surface area contributed by atoms with Crippen LogP contribution in [0.4, 0.5) is 0 Å². The number of unbranched alkanes of at least 4 members (excludes halogenated alkanes) is 1. The molecule has 0 saturated heterocycles. The third-order valence-corrected chi connectivity index (χ3v) is 8.33. The van der Waals surface area contributed by atoms with Crippen molar-refractivity contribution in [1.82, 2.24) is 9.47 Å². The number of carboxylic acids is 1. The molecule has 2 aromatic carbocycles. The van der Waals surface area contributed by atoms with Gasteiger partial charge >= 0.3 is 5.97 Å². The van der Waals surface area contributed by atoms with Gasteiger partial charge in [-0.1, -0.05) is 62.9 Å². The summed E-state index contributed by atoms with van der Waals surface area (Å²) < 4.78 is 2.30. The van der Waals surface area contributed by atoms with E-state index in [2.05, 4.69) is 42.7 Å². The first kappa shape index (κ1) is 24.6. The van der Waals surface area contributed by atoms with Crippen molar-refractivity contribution in [2.45, 2.75) is 77.7 Å². The Balaban J connectivity index is 1.72. The van der Waals surface area contributed by atoms with Crippen LogP contribution < -0.4 is 0 Å². The van der Waals surface area contributed by atoms with E-state index in [-0.39, 0.29) is 11.8 Å². The lowest BCUT2D eigenvalue weighted by molar-refractivity contribution is -0.135. The van der Waals surface area contributed by atoms with Crippen molar-refractivity contribution in [3.63, 3.8) is 0 Å². The summed E-state index contributed by atoms with van der Waals surface area (Å²) in [7, 11) is 0. The summed E-state index contributed by atoms with van der Waals surface area (Å²) >= 11 is 0. The van der Waals surface area contributed by atoms with Gasteiger partial charge in [0.1, 0.15) is 0 Å². The highest BCUT2D eigenvalue weighted by molar-refractivity contribution is 5.99. The van der Waals surface area contributed by atoms with Crippen molar-refractivity contribution < 1.29 is 14.7 Å². The maximum atomic E-state index is 13.8. The van der Waals surface area contributed by atoms with Gasteiger partial charge in [-0.05, 0) is 61.8 Å². The summed E-state index contributed by atoms with van der Waals surface area (Å²) in [6.45, 7) is 6.31. The highest BCUT2D eigenvalue weighted by Gasteiger charge is 2.34. The van der Waals surface area contributed by atoms with E-state index in [9.17, 15) is 14.7 Å². The van der Waals surface area contributed by atoms with Crippen molar-refractivity contribution in [3.05, 3.63) is 59.2 Å². The maximum absolute atomic E-state index is 13.8. The molecular formula is C31H38N2O3. The summed E-state index contributed by atoms with van der Waals surface area (Å²) in [5.41, 5.74) is 6.26. The molecule has 1 aromatic heterocycles. The van der Waals surface area contributed by atoms with Crippen LogP contribution in [0.5, 0.6) is 0 Å². The van der Waals surface area contributed by atoms with Crippen molar-refractivity contribution in [2.24, 2.45) is 5.92 Å². The van der Waals surface area contributed by atoms with Crippen LogP contribution in [0.2, 0.25) is 0 Å². The molecule has 1 atom stereocenters. The molecule has 0 spiro atoms. The van der Waals surface area contributed by atoms with E-state index in [4.69, 9.17) is 0 Å². The molecule has 0 bridgehead atoms. The second-order valence-corrected chi connectivity index (χ2v) is 10.6. The normalized spacial score (nSPS) is 17.9. The third kappa shape index (κ3) is 4.44. The molecule has 0 radical (unpaired) electrons. The number of carbonyl (C=O) groups is 2. The number of fused-ring (bicyclic) bond motifs is 5. The molecule has 1 N–H and O–H groups in total. The molecule has 1 amide bonds. The number of carbonyl (C=O) groups excluding carboxylic acids is 1. The van der Waals surface area contributed by atoms with Gasteiger partial charge in [0, 0.05) is 36.1 Å². The predicted molar refractivity (Wildman–Crippen MR) is 145 cm³/mol. The number of rotatable bonds is 7. The van der Waals surface area contributed by atoms with E-state index in [1.54, 1.807) is 6.07 Å². The van der Waals surface area contributed by atoms with Crippen LogP contribution in [-0.4, -0.2) is 39.5 Å². The zero-order chi connectivity index (χ0) is 25.2. The zero-order valence-electron chi connectivity index (χ0n) is 21.6.